The molecule has 19 heavy (non-hydrogen) atoms. The summed E-state index contributed by atoms with van der Waals surface area (Å²) in [6.45, 7) is -1.19. The molecule has 106 valence electrons. The Morgan fingerprint density at radius 2 is 2.05 bits per heavy atom. The molecule has 0 spiro atoms. The van der Waals surface area contributed by atoms with E-state index in [4.69, 9.17) is 0 Å². The second-order valence-corrected chi connectivity index (χ2v) is 3.41. The van der Waals surface area contributed by atoms with Gasteiger partial charge in [-0.05, 0) is 6.07 Å². The lowest BCUT2D eigenvalue weighted by Gasteiger charge is -2.09. The van der Waals surface area contributed by atoms with Gasteiger partial charge in [0.25, 0.3) is 12.1 Å². The molecule has 0 aliphatic carbocycles. The Morgan fingerprint density at radius 1 is 1.37 bits per heavy atom. The van der Waals surface area contributed by atoms with E-state index >= 15 is 0 Å². The first kappa shape index (κ1) is 15.2. The average molecular weight is 282 g/mol. The molecule has 1 N–H and O–H groups in total. The number of benzene rings is 1. The topological polar surface area (TPSA) is 64.4 Å². The fraction of sp³-hybridized carbons (Fsp3) is 0.400. The van der Waals surface area contributed by atoms with Gasteiger partial charge in [0.15, 0.2) is 17.3 Å². The van der Waals surface area contributed by atoms with Crippen LogP contribution in [0.4, 0.5) is 28.9 Å². The van der Waals surface area contributed by atoms with Gasteiger partial charge < -0.3 is 10.1 Å². The molecule has 0 saturated heterocycles. The summed E-state index contributed by atoms with van der Waals surface area (Å²) < 4.78 is 54.2. The SMILES string of the molecule is O=[N+]([O-])c1ccc(F)c(F)c1NCCOCC(F)F. The summed E-state index contributed by atoms with van der Waals surface area (Å²) in [4.78, 5) is 9.73. The molecule has 0 aromatic heterocycles. The van der Waals surface area contributed by atoms with Crippen molar-refractivity contribution >= 4 is 11.4 Å². The van der Waals surface area contributed by atoms with Crippen molar-refractivity contribution in [2.45, 2.75) is 6.43 Å². The molecule has 9 heteroatoms. The van der Waals surface area contributed by atoms with Crippen molar-refractivity contribution < 1.29 is 27.2 Å². The zero-order valence-corrected chi connectivity index (χ0v) is 9.54. The molecule has 5 nitrogen and oxygen atoms in total. The first-order chi connectivity index (χ1) is 8.93. The Balaban J connectivity index is 2.66. The maximum Gasteiger partial charge on any atom is 0.295 e. The lowest BCUT2D eigenvalue weighted by molar-refractivity contribution is -0.384. The fourth-order valence-electron chi connectivity index (χ4n) is 1.28. The summed E-state index contributed by atoms with van der Waals surface area (Å²) >= 11 is 0. The molecule has 0 atom stereocenters. The first-order valence-electron chi connectivity index (χ1n) is 5.15. The Kier molecular flexibility index (Phi) is 5.49. The van der Waals surface area contributed by atoms with E-state index in [0.717, 1.165) is 6.07 Å². The zero-order valence-electron chi connectivity index (χ0n) is 9.54. The Labute approximate surface area is 105 Å². The zero-order chi connectivity index (χ0) is 14.4. The van der Waals surface area contributed by atoms with Gasteiger partial charge in [0, 0.05) is 12.6 Å². The van der Waals surface area contributed by atoms with Crippen LogP contribution < -0.4 is 5.32 Å². The summed E-state index contributed by atoms with van der Waals surface area (Å²) in [7, 11) is 0. The minimum Gasteiger partial charge on any atom is -0.375 e. The fourth-order valence-corrected chi connectivity index (χ4v) is 1.28. The number of hydrogen-bond donors (Lipinski definition) is 1. The van der Waals surface area contributed by atoms with E-state index in [-0.39, 0.29) is 13.2 Å². The number of anilines is 1. The minimum absolute atomic E-state index is 0.173. The van der Waals surface area contributed by atoms with Crippen LogP contribution in [0.5, 0.6) is 0 Å². The molecule has 0 bridgehead atoms. The van der Waals surface area contributed by atoms with Crippen LogP contribution >= 0.6 is 0 Å². The molecule has 0 radical (unpaired) electrons. The van der Waals surface area contributed by atoms with Crippen molar-refractivity contribution in [1.29, 1.82) is 0 Å². The molecule has 1 rings (SSSR count). The first-order valence-corrected chi connectivity index (χ1v) is 5.15. The third-order valence-corrected chi connectivity index (χ3v) is 2.06. The molecule has 0 unspecified atom stereocenters. The Morgan fingerprint density at radius 3 is 2.63 bits per heavy atom. The Bertz CT molecular complexity index is 457. The summed E-state index contributed by atoms with van der Waals surface area (Å²) in [6, 6.07) is 1.44. The van der Waals surface area contributed by atoms with E-state index in [0.29, 0.717) is 6.07 Å². The van der Waals surface area contributed by atoms with Crippen LogP contribution in [-0.2, 0) is 4.74 Å². The van der Waals surface area contributed by atoms with E-state index in [1.807, 2.05) is 0 Å². The molecule has 0 aliphatic heterocycles. The summed E-state index contributed by atoms with van der Waals surface area (Å²) in [5.41, 5.74) is -1.28. The average Bonchev–Trinajstić information content (AvgIpc) is 2.33. The highest BCUT2D eigenvalue weighted by atomic mass is 19.3. The highest BCUT2D eigenvalue weighted by Crippen LogP contribution is 2.28. The second-order valence-electron chi connectivity index (χ2n) is 3.41. The van der Waals surface area contributed by atoms with Gasteiger partial charge in [-0.15, -0.1) is 0 Å². The van der Waals surface area contributed by atoms with Crippen molar-refractivity contribution in [3.8, 4) is 0 Å². The van der Waals surface area contributed by atoms with Gasteiger partial charge in [-0.1, -0.05) is 0 Å². The largest absolute Gasteiger partial charge is 0.375 e. The standard InChI is InChI=1S/C10H10F4N2O3/c11-6-1-2-7(16(17)18)10(9(6)14)15-3-4-19-5-8(12)13/h1-2,8,15H,3-5H2. The number of alkyl halides is 2. The van der Waals surface area contributed by atoms with Gasteiger partial charge >= 0.3 is 0 Å². The molecule has 0 fully saturated rings. The van der Waals surface area contributed by atoms with E-state index in [1.165, 1.54) is 0 Å². The Hall–Kier alpha value is -1.90. The molecular weight excluding hydrogens is 272 g/mol. The van der Waals surface area contributed by atoms with Gasteiger partial charge in [-0.25, -0.2) is 17.6 Å². The van der Waals surface area contributed by atoms with Crippen molar-refractivity contribution in [2.75, 3.05) is 25.1 Å². The van der Waals surface area contributed by atoms with Crippen LogP contribution in [0.1, 0.15) is 0 Å². The van der Waals surface area contributed by atoms with Crippen molar-refractivity contribution in [3.05, 3.63) is 33.9 Å². The predicted molar refractivity (Wildman–Crippen MR) is 58.3 cm³/mol. The maximum absolute atomic E-state index is 13.4. The lowest BCUT2D eigenvalue weighted by atomic mass is 10.2. The summed E-state index contributed by atoms with van der Waals surface area (Å²) in [6.07, 6.45) is -2.64. The second kappa shape index (κ2) is 6.88. The van der Waals surface area contributed by atoms with Crippen LogP contribution in [0.2, 0.25) is 0 Å². The van der Waals surface area contributed by atoms with Crippen molar-refractivity contribution in [2.24, 2.45) is 0 Å². The quantitative estimate of drug-likeness (QED) is 0.361. The molecule has 0 aliphatic rings. The van der Waals surface area contributed by atoms with Crippen LogP contribution in [0.25, 0.3) is 0 Å². The van der Waals surface area contributed by atoms with E-state index in [2.05, 4.69) is 10.1 Å². The number of halogens is 4. The van der Waals surface area contributed by atoms with Crippen LogP contribution in [0.3, 0.4) is 0 Å². The van der Waals surface area contributed by atoms with Crippen LogP contribution in [0, 0.1) is 21.7 Å². The number of nitrogens with zero attached hydrogens (tertiary/aromatic N) is 1. The monoisotopic (exact) mass is 282 g/mol. The highest BCUT2D eigenvalue weighted by molar-refractivity contribution is 5.62. The number of hydrogen-bond acceptors (Lipinski definition) is 4. The summed E-state index contributed by atoms with van der Waals surface area (Å²) in [5, 5.41) is 12.9. The lowest BCUT2D eigenvalue weighted by Crippen LogP contribution is -2.15. The van der Waals surface area contributed by atoms with E-state index in [1.54, 1.807) is 0 Å². The molecular formula is C10H10F4N2O3. The van der Waals surface area contributed by atoms with Gasteiger partial charge in [0.2, 0.25) is 0 Å². The van der Waals surface area contributed by atoms with Gasteiger partial charge in [-0.2, -0.15) is 0 Å². The summed E-state index contributed by atoms with van der Waals surface area (Å²) in [5.74, 6) is -2.65. The number of nitrogens with one attached hydrogen (secondary N) is 1. The number of ether oxygens (including phenoxy) is 1. The number of rotatable bonds is 7. The third-order valence-electron chi connectivity index (χ3n) is 2.06. The molecule has 1 aromatic carbocycles. The predicted octanol–water partition coefficient (Wildman–Crippen LogP) is 2.57. The van der Waals surface area contributed by atoms with Crippen LogP contribution in [-0.4, -0.2) is 31.1 Å². The van der Waals surface area contributed by atoms with Gasteiger partial charge in [0.05, 0.1) is 11.5 Å². The van der Waals surface area contributed by atoms with Crippen molar-refractivity contribution in [1.82, 2.24) is 0 Å². The normalized spacial score (nSPS) is 10.8. The maximum atomic E-state index is 13.4. The third kappa shape index (κ3) is 4.36. The molecule has 0 amide bonds. The van der Waals surface area contributed by atoms with Gasteiger partial charge in [-0.3, -0.25) is 10.1 Å². The van der Waals surface area contributed by atoms with Crippen molar-refractivity contribution in [3.63, 3.8) is 0 Å². The highest BCUT2D eigenvalue weighted by Gasteiger charge is 2.21. The molecule has 0 heterocycles. The number of nitro groups is 1. The van der Waals surface area contributed by atoms with E-state index < -0.39 is 41.0 Å². The molecule has 1 aromatic rings. The molecule has 0 saturated carbocycles. The smallest absolute Gasteiger partial charge is 0.295 e. The van der Waals surface area contributed by atoms with Crippen LogP contribution in [0.15, 0.2) is 12.1 Å². The van der Waals surface area contributed by atoms with E-state index in [9.17, 15) is 27.7 Å². The number of nitro benzene ring substituents is 1. The van der Waals surface area contributed by atoms with Gasteiger partial charge in [0.1, 0.15) is 6.61 Å². The minimum atomic E-state index is -2.64.